The summed E-state index contributed by atoms with van der Waals surface area (Å²) in [5.74, 6) is -0.0357. The fourth-order valence-electron chi connectivity index (χ4n) is 3.77. The number of hydrogen-bond acceptors (Lipinski definition) is 6. The van der Waals surface area contributed by atoms with E-state index in [4.69, 9.17) is 9.47 Å². The molecule has 0 radical (unpaired) electrons. The molecule has 142 valence electrons. The molecular weight excluding hydrogens is 350 g/mol. The van der Waals surface area contributed by atoms with Crippen molar-refractivity contribution in [2.24, 2.45) is 0 Å². The number of hydrogen-bond donors (Lipinski definition) is 3. The van der Waals surface area contributed by atoms with E-state index in [9.17, 15) is 14.7 Å². The quantitative estimate of drug-likeness (QED) is 0.738. The normalized spacial score (nSPS) is 17.0. The maximum absolute atomic E-state index is 12.6. The molecule has 3 N–H and O–H groups in total. The first-order chi connectivity index (χ1) is 13.1. The Kier molecular flexibility index (Phi) is 4.70. The second-order valence-corrected chi connectivity index (χ2v) is 6.89. The minimum absolute atomic E-state index is 0.0263. The number of nitrogens with one attached hydrogen (secondary N) is 2. The van der Waals surface area contributed by atoms with E-state index in [1.165, 1.54) is 0 Å². The van der Waals surface area contributed by atoms with Crippen molar-refractivity contribution in [3.8, 4) is 17.4 Å². The highest BCUT2D eigenvalue weighted by atomic mass is 16.7. The Morgan fingerprint density at radius 2 is 2.07 bits per heavy atom. The molecule has 1 aromatic heterocycles. The summed E-state index contributed by atoms with van der Waals surface area (Å²) < 4.78 is 10.7. The molecule has 0 spiro atoms. The molecule has 1 fully saturated rings. The lowest BCUT2D eigenvalue weighted by atomic mass is 9.89. The van der Waals surface area contributed by atoms with Crippen LogP contribution in [-0.4, -0.2) is 33.8 Å². The van der Waals surface area contributed by atoms with Crippen molar-refractivity contribution in [1.82, 2.24) is 15.3 Å². The molecule has 4 rings (SSSR count). The van der Waals surface area contributed by atoms with Gasteiger partial charge < -0.3 is 24.9 Å². The van der Waals surface area contributed by atoms with Crippen LogP contribution in [0.4, 0.5) is 0 Å². The molecule has 1 aliphatic carbocycles. The van der Waals surface area contributed by atoms with Crippen LogP contribution in [0, 0.1) is 0 Å². The third-order valence-corrected chi connectivity index (χ3v) is 5.13. The standard InChI is InChI=1S/C19H21N3O5/c23-16(22-12-3-1-2-4-12)8-13(17-18(24)20-9-21-19(17)25)11-5-6-14-15(7-11)27-10-26-14/h5-7,9,12-13H,1-4,8,10H2,(H,22,23)(H2,20,21,24,25). The second kappa shape index (κ2) is 7.30. The molecule has 2 heterocycles. The van der Waals surface area contributed by atoms with Crippen molar-refractivity contribution in [3.05, 3.63) is 46.0 Å². The predicted molar refractivity (Wildman–Crippen MR) is 95.9 cm³/mol. The monoisotopic (exact) mass is 371 g/mol. The van der Waals surface area contributed by atoms with E-state index in [2.05, 4.69) is 15.3 Å². The van der Waals surface area contributed by atoms with Gasteiger partial charge in [-0.2, -0.15) is 0 Å². The molecule has 1 atom stereocenters. The first-order valence-corrected chi connectivity index (χ1v) is 9.07. The van der Waals surface area contributed by atoms with E-state index in [1.54, 1.807) is 18.2 Å². The van der Waals surface area contributed by atoms with E-state index in [0.717, 1.165) is 32.0 Å². The Labute approximate surface area is 155 Å². The number of nitrogens with zero attached hydrogens (tertiary/aromatic N) is 1. The lowest BCUT2D eigenvalue weighted by molar-refractivity contribution is -0.122. The molecule has 1 aromatic carbocycles. The van der Waals surface area contributed by atoms with E-state index in [-0.39, 0.29) is 36.6 Å². The number of amides is 1. The zero-order valence-corrected chi connectivity index (χ0v) is 14.7. The molecule has 2 aliphatic rings. The number of aromatic nitrogens is 2. The Balaban J connectivity index is 1.67. The number of rotatable bonds is 5. The lowest BCUT2D eigenvalue weighted by Crippen LogP contribution is -2.34. The number of fused-ring (bicyclic) bond motifs is 1. The van der Waals surface area contributed by atoms with Gasteiger partial charge in [0.1, 0.15) is 0 Å². The zero-order chi connectivity index (χ0) is 18.8. The van der Waals surface area contributed by atoms with Crippen LogP contribution in [0.1, 0.15) is 49.1 Å². The summed E-state index contributed by atoms with van der Waals surface area (Å²) >= 11 is 0. The van der Waals surface area contributed by atoms with E-state index in [1.807, 2.05) is 0 Å². The summed E-state index contributed by atoms with van der Waals surface area (Å²) in [6, 6.07) is 5.42. The fourth-order valence-corrected chi connectivity index (χ4v) is 3.77. The summed E-state index contributed by atoms with van der Waals surface area (Å²) in [4.78, 5) is 31.3. The van der Waals surface area contributed by atoms with Gasteiger partial charge in [0.15, 0.2) is 11.5 Å². The van der Waals surface area contributed by atoms with Crippen LogP contribution >= 0.6 is 0 Å². The molecular formula is C19H21N3O5. The van der Waals surface area contributed by atoms with Crippen LogP contribution in [0.25, 0.3) is 0 Å². The maximum Gasteiger partial charge on any atom is 0.258 e. The minimum Gasteiger partial charge on any atom is -0.493 e. The van der Waals surface area contributed by atoms with Crippen molar-refractivity contribution >= 4 is 5.91 Å². The molecule has 8 heteroatoms. The molecule has 1 aliphatic heterocycles. The van der Waals surface area contributed by atoms with Crippen LogP contribution in [0.3, 0.4) is 0 Å². The Morgan fingerprint density at radius 1 is 1.30 bits per heavy atom. The molecule has 8 nitrogen and oxygen atoms in total. The Morgan fingerprint density at radius 3 is 2.85 bits per heavy atom. The number of aromatic hydroxyl groups is 1. The van der Waals surface area contributed by atoms with Gasteiger partial charge >= 0.3 is 0 Å². The summed E-state index contributed by atoms with van der Waals surface area (Å²) in [6.45, 7) is 0.129. The van der Waals surface area contributed by atoms with E-state index < -0.39 is 11.5 Å². The highest BCUT2D eigenvalue weighted by molar-refractivity contribution is 5.78. The Hall–Kier alpha value is -3.03. The van der Waals surface area contributed by atoms with E-state index >= 15 is 0 Å². The van der Waals surface area contributed by atoms with Crippen LogP contribution in [0.5, 0.6) is 17.4 Å². The van der Waals surface area contributed by atoms with Crippen molar-refractivity contribution in [1.29, 1.82) is 0 Å². The van der Waals surface area contributed by atoms with Crippen molar-refractivity contribution in [3.63, 3.8) is 0 Å². The third-order valence-electron chi connectivity index (χ3n) is 5.13. The summed E-state index contributed by atoms with van der Waals surface area (Å²) in [5.41, 5.74) is 0.270. The topological polar surface area (TPSA) is 114 Å². The summed E-state index contributed by atoms with van der Waals surface area (Å²) in [7, 11) is 0. The second-order valence-electron chi connectivity index (χ2n) is 6.89. The van der Waals surface area contributed by atoms with Gasteiger partial charge in [0.25, 0.3) is 5.56 Å². The number of H-pyrrole nitrogens is 1. The fraction of sp³-hybridized carbons (Fsp3) is 0.421. The number of ether oxygens (including phenoxy) is 2. The smallest absolute Gasteiger partial charge is 0.258 e. The largest absolute Gasteiger partial charge is 0.493 e. The number of benzene rings is 1. The third kappa shape index (κ3) is 3.60. The molecule has 27 heavy (non-hydrogen) atoms. The van der Waals surface area contributed by atoms with Crippen LogP contribution < -0.4 is 20.3 Å². The minimum atomic E-state index is -0.654. The first kappa shape index (κ1) is 17.4. The van der Waals surface area contributed by atoms with Gasteiger partial charge in [0, 0.05) is 18.4 Å². The summed E-state index contributed by atoms with van der Waals surface area (Å²) in [6.07, 6.45) is 5.33. The van der Waals surface area contributed by atoms with Crippen molar-refractivity contribution < 1.29 is 19.4 Å². The number of carbonyl (C=O) groups is 1. The molecule has 2 aromatic rings. The SMILES string of the molecule is O=C(CC(c1ccc2c(c1)OCO2)c1c(O)nc[nH]c1=O)NC1CCCC1. The maximum atomic E-state index is 12.6. The Bertz CT molecular complexity index is 904. The molecule has 0 bridgehead atoms. The zero-order valence-electron chi connectivity index (χ0n) is 14.7. The van der Waals surface area contributed by atoms with Crippen molar-refractivity contribution in [2.75, 3.05) is 6.79 Å². The van der Waals surface area contributed by atoms with Crippen LogP contribution in [0.2, 0.25) is 0 Å². The number of aromatic amines is 1. The van der Waals surface area contributed by atoms with Gasteiger partial charge in [0.05, 0.1) is 11.9 Å². The lowest BCUT2D eigenvalue weighted by Gasteiger charge is -2.19. The average molecular weight is 371 g/mol. The number of carbonyl (C=O) groups excluding carboxylic acids is 1. The predicted octanol–water partition coefficient (Wildman–Crippen LogP) is 1.79. The van der Waals surface area contributed by atoms with Gasteiger partial charge in [-0.1, -0.05) is 18.9 Å². The van der Waals surface area contributed by atoms with Crippen LogP contribution in [0.15, 0.2) is 29.3 Å². The van der Waals surface area contributed by atoms with Gasteiger partial charge in [0.2, 0.25) is 18.6 Å². The molecule has 0 saturated heterocycles. The highest BCUT2D eigenvalue weighted by Crippen LogP contribution is 2.38. The molecule has 1 unspecified atom stereocenters. The molecule has 1 saturated carbocycles. The van der Waals surface area contributed by atoms with Crippen molar-refractivity contribution in [2.45, 2.75) is 44.1 Å². The average Bonchev–Trinajstić information content (AvgIpc) is 3.31. The summed E-state index contributed by atoms with van der Waals surface area (Å²) in [5, 5.41) is 13.2. The van der Waals surface area contributed by atoms with Gasteiger partial charge in [-0.05, 0) is 30.5 Å². The van der Waals surface area contributed by atoms with Crippen LogP contribution in [-0.2, 0) is 4.79 Å². The first-order valence-electron chi connectivity index (χ1n) is 9.07. The van der Waals surface area contributed by atoms with Gasteiger partial charge in [-0.15, -0.1) is 0 Å². The van der Waals surface area contributed by atoms with Gasteiger partial charge in [-0.25, -0.2) is 4.98 Å². The highest BCUT2D eigenvalue weighted by Gasteiger charge is 2.28. The molecule has 1 amide bonds. The van der Waals surface area contributed by atoms with Gasteiger partial charge in [-0.3, -0.25) is 9.59 Å². The van der Waals surface area contributed by atoms with E-state index in [0.29, 0.717) is 17.1 Å².